The summed E-state index contributed by atoms with van der Waals surface area (Å²) in [5.74, 6) is 5.65. The Hall–Kier alpha value is -1.65. The maximum absolute atomic E-state index is 12.4. The number of benzene rings is 1. The Morgan fingerprint density at radius 3 is 2.59 bits per heavy atom. The van der Waals surface area contributed by atoms with Crippen LogP contribution in [0.4, 0.5) is 13.2 Å². The molecule has 22 heavy (non-hydrogen) atoms. The first-order valence-electron chi connectivity index (χ1n) is 6.56. The second-order valence-electron chi connectivity index (χ2n) is 5.03. The van der Waals surface area contributed by atoms with Gasteiger partial charge >= 0.3 is 6.18 Å². The normalized spacial score (nSPS) is 21.1. The van der Waals surface area contributed by atoms with Gasteiger partial charge in [0.15, 0.2) is 0 Å². The first-order chi connectivity index (χ1) is 10.3. The predicted octanol–water partition coefficient (Wildman–Crippen LogP) is 2.04. The van der Waals surface area contributed by atoms with Crippen LogP contribution in [0.1, 0.15) is 17.5 Å². The van der Waals surface area contributed by atoms with E-state index < -0.39 is 23.2 Å². The van der Waals surface area contributed by atoms with Crippen LogP contribution in [0.15, 0.2) is 24.3 Å². The van der Waals surface area contributed by atoms with E-state index in [2.05, 4.69) is 17.2 Å². The van der Waals surface area contributed by atoms with E-state index in [0.29, 0.717) is 17.7 Å². The molecule has 1 saturated heterocycles. The van der Waals surface area contributed by atoms with Gasteiger partial charge in [0, 0.05) is 23.8 Å². The lowest BCUT2D eigenvalue weighted by Gasteiger charge is -2.20. The summed E-state index contributed by atoms with van der Waals surface area (Å²) in [7, 11) is 0. The molecule has 7 heteroatoms. The van der Waals surface area contributed by atoms with E-state index in [9.17, 15) is 23.1 Å². The molecule has 0 spiro atoms. The first kappa shape index (κ1) is 16.7. The Morgan fingerprint density at radius 2 is 2.05 bits per heavy atom. The molecule has 1 heterocycles. The van der Waals surface area contributed by atoms with Crippen LogP contribution in [-0.2, 0) is 11.0 Å². The average Bonchev–Trinajstić information content (AvgIpc) is 2.90. The largest absolute Gasteiger partial charge is 0.416 e. The van der Waals surface area contributed by atoms with Gasteiger partial charge in [-0.3, -0.25) is 4.79 Å². The molecule has 0 aromatic heterocycles. The van der Waals surface area contributed by atoms with Crippen molar-refractivity contribution in [3.8, 4) is 11.8 Å². The Balaban J connectivity index is 1.91. The summed E-state index contributed by atoms with van der Waals surface area (Å²) in [5, 5.41) is 12.6. The Labute approximate surface area is 130 Å². The highest BCUT2D eigenvalue weighted by atomic mass is 32.2. The van der Waals surface area contributed by atoms with Crippen molar-refractivity contribution in [3.05, 3.63) is 35.4 Å². The highest BCUT2D eigenvalue weighted by Crippen LogP contribution is 2.29. The molecule has 1 aliphatic rings. The Bertz CT molecular complexity index is 596. The minimum absolute atomic E-state index is 0.126. The molecule has 1 aromatic carbocycles. The number of halogens is 3. The molecule has 2 rings (SSSR count). The number of alkyl halides is 3. The number of aliphatic hydroxyl groups is 1. The van der Waals surface area contributed by atoms with Gasteiger partial charge in [-0.05, 0) is 36.4 Å². The van der Waals surface area contributed by atoms with Gasteiger partial charge in [0.25, 0.3) is 5.91 Å². The SMILES string of the molecule is O=C(C#Cc1ccc(C(F)(F)F)cc1)NC[C@@]1(O)CCSC1. The Kier molecular flexibility index (Phi) is 5.04. The highest BCUT2D eigenvalue weighted by molar-refractivity contribution is 7.99. The molecule has 0 saturated carbocycles. The summed E-state index contributed by atoms with van der Waals surface area (Å²) in [5.41, 5.74) is -1.34. The van der Waals surface area contributed by atoms with Crippen LogP contribution >= 0.6 is 11.8 Å². The fourth-order valence-electron chi connectivity index (χ4n) is 1.90. The fourth-order valence-corrected chi connectivity index (χ4v) is 3.19. The van der Waals surface area contributed by atoms with Gasteiger partial charge in [-0.1, -0.05) is 5.92 Å². The molecule has 1 aromatic rings. The number of carbonyl (C=O) groups excluding carboxylic acids is 1. The quantitative estimate of drug-likeness (QED) is 0.817. The lowest BCUT2D eigenvalue weighted by Crippen LogP contribution is -2.42. The van der Waals surface area contributed by atoms with Crippen molar-refractivity contribution < 1.29 is 23.1 Å². The third kappa shape index (κ3) is 4.68. The first-order valence-corrected chi connectivity index (χ1v) is 7.71. The van der Waals surface area contributed by atoms with Crippen molar-refractivity contribution in [2.45, 2.75) is 18.2 Å². The van der Waals surface area contributed by atoms with E-state index in [-0.39, 0.29) is 6.54 Å². The number of amides is 1. The minimum Gasteiger partial charge on any atom is -0.387 e. The Morgan fingerprint density at radius 1 is 1.36 bits per heavy atom. The van der Waals surface area contributed by atoms with Crippen molar-refractivity contribution in [1.82, 2.24) is 5.32 Å². The second kappa shape index (κ2) is 6.63. The second-order valence-corrected chi connectivity index (χ2v) is 6.14. The fraction of sp³-hybridized carbons (Fsp3) is 0.400. The van der Waals surface area contributed by atoms with E-state index in [4.69, 9.17) is 0 Å². The molecule has 1 atom stereocenters. The minimum atomic E-state index is -4.39. The van der Waals surface area contributed by atoms with Crippen LogP contribution in [0.2, 0.25) is 0 Å². The molecule has 1 amide bonds. The average molecular weight is 329 g/mol. The van der Waals surface area contributed by atoms with Crippen LogP contribution in [0, 0.1) is 11.8 Å². The van der Waals surface area contributed by atoms with Crippen molar-refractivity contribution in [3.63, 3.8) is 0 Å². The molecular weight excluding hydrogens is 315 g/mol. The topological polar surface area (TPSA) is 49.3 Å². The van der Waals surface area contributed by atoms with Gasteiger partial charge in [0.2, 0.25) is 0 Å². The molecule has 118 valence electrons. The van der Waals surface area contributed by atoms with Crippen LogP contribution in [0.25, 0.3) is 0 Å². The van der Waals surface area contributed by atoms with E-state index in [0.717, 1.165) is 17.9 Å². The van der Waals surface area contributed by atoms with Crippen LogP contribution in [0.5, 0.6) is 0 Å². The molecule has 0 unspecified atom stereocenters. The van der Waals surface area contributed by atoms with Crippen molar-refractivity contribution in [2.75, 3.05) is 18.1 Å². The lowest BCUT2D eigenvalue weighted by molar-refractivity contribution is -0.137. The standard InChI is InChI=1S/C15H14F3NO2S/c16-15(17,18)12-4-1-11(2-5-12)3-6-13(20)19-9-14(21)7-8-22-10-14/h1-2,4-5,21H,7-10H2,(H,19,20)/t14-/m0/s1. The summed E-state index contributed by atoms with van der Waals surface area (Å²) in [4.78, 5) is 11.6. The molecule has 3 nitrogen and oxygen atoms in total. The molecular formula is C15H14F3NO2S. The third-order valence-electron chi connectivity index (χ3n) is 3.19. The number of nitrogens with one attached hydrogen (secondary N) is 1. The number of rotatable bonds is 2. The van der Waals surface area contributed by atoms with Gasteiger partial charge in [-0.15, -0.1) is 0 Å². The van der Waals surface area contributed by atoms with Crippen molar-refractivity contribution >= 4 is 17.7 Å². The van der Waals surface area contributed by atoms with Gasteiger partial charge in [0.05, 0.1) is 11.2 Å². The molecule has 0 aliphatic carbocycles. The smallest absolute Gasteiger partial charge is 0.387 e. The molecule has 0 bridgehead atoms. The summed E-state index contributed by atoms with van der Waals surface area (Å²) < 4.78 is 37.2. The van der Waals surface area contributed by atoms with Crippen LogP contribution in [-0.4, -0.2) is 34.7 Å². The monoisotopic (exact) mass is 329 g/mol. The molecule has 1 aliphatic heterocycles. The van der Waals surface area contributed by atoms with Gasteiger partial charge in [-0.25, -0.2) is 0 Å². The molecule has 0 radical (unpaired) electrons. The zero-order valence-electron chi connectivity index (χ0n) is 11.5. The highest BCUT2D eigenvalue weighted by Gasteiger charge is 2.32. The summed E-state index contributed by atoms with van der Waals surface area (Å²) in [6, 6.07) is 4.26. The van der Waals surface area contributed by atoms with Crippen molar-refractivity contribution in [2.24, 2.45) is 0 Å². The van der Waals surface area contributed by atoms with Crippen LogP contribution in [0.3, 0.4) is 0 Å². The summed E-state index contributed by atoms with van der Waals surface area (Å²) in [6.45, 7) is 0.126. The third-order valence-corrected chi connectivity index (χ3v) is 4.43. The zero-order valence-corrected chi connectivity index (χ0v) is 12.4. The summed E-state index contributed by atoms with van der Waals surface area (Å²) >= 11 is 1.62. The van der Waals surface area contributed by atoms with Gasteiger partial charge < -0.3 is 10.4 Å². The zero-order chi connectivity index (χ0) is 16.2. The number of hydrogen-bond donors (Lipinski definition) is 2. The lowest BCUT2D eigenvalue weighted by atomic mass is 10.0. The van der Waals surface area contributed by atoms with E-state index in [1.165, 1.54) is 12.1 Å². The molecule has 2 N–H and O–H groups in total. The van der Waals surface area contributed by atoms with Crippen molar-refractivity contribution in [1.29, 1.82) is 0 Å². The van der Waals surface area contributed by atoms with Gasteiger partial charge in [0.1, 0.15) is 0 Å². The predicted molar refractivity (Wildman–Crippen MR) is 78.2 cm³/mol. The number of carbonyl (C=O) groups is 1. The maximum Gasteiger partial charge on any atom is 0.416 e. The number of hydrogen-bond acceptors (Lipinski definition) is 3. The van der Waals surface area contributed by atoms with Gasteiger partial charge in [-0.2, -0.15) is 24.9 Å². The van der Waals surface area contributed by atoms with Crippen LogP contribution < -0.4 is 5.32 Å². The number of thioether (sulfide) groups is 1. The summed E-state index contributed by atoms with van der Waals surface area (Å²) in [6.07, 6.45) is -3.78. The van der Waals surface area contributed by atoms with E-state index in [1.54, 1.807) is 11.8 Å². The van der Waals surface area contributed by atoms with E-state index in [1.807, 2.05) is 0 Å². The maximum atomic E-state index is 12.4. The molecule has 1 fully saturated rings. The van der Waals surface area contributed by atoms with E-state index >= 15 is 0 Å².